The van der Waals surface area contributed by atoms with Crippen LogP contribution in [-0.2, 0) is 19.5 Å². The van der Waals surface area contributed by atoms with Crippen LogP contribution in [0.15, 0.2) is 134 Å². The number of aromatic nitrogens is 2. The Kier molecular flexibility index (Phi) is 19.2. The normalized spacial score (nSPS) is 11.0. The second kappa shape index (κ2) is 22.7. The summed E-state index contributed by atoms with van der Waals surface area (Å²) in [5.74, 6) is 0. The molecule has 0 saturated heterocycles. The summed E-state index contributed by atoms with van der Waals surface area (Å²) in [5, 5.41) is 10.9. The molecular weight excluding hydrogens is 634 g/mol. The van der Waals surface area contributed by atoms with Crippen LogP contribution in [0.2, 0.25) is 0 Å². The van der Waals surface area contributed by atoms with Gasteiger partial charge in [0.15, 0.2) is 0 Å². The first-order valence-corrected chi connectivity index (χ1v) is 13.9. The van der Waals surface area contributed by atoms with Gasteiger partial charge in [-0.05, 0) is 56.8 Å². The van der Waals surface area contributed by atoms with E-state index < -0.39 is 0 Å². The number of nitrogens with one attached hydrogen (secondary N) is 5. The number of benzene rings is 2. The van der Waals surface area contributed by atoms with Crippen molar-refractivity contribution in [1.82, 2.24) is 9.97 Å². The van der Waals surface area contributed by atoms with Gasteiger partial charge >= 0.3 is 19.5 Å². The average Bonchev–Trinajstić information content (AvgIpc) is 3.06. The van der Waals surface area contributed by atoms with Crippen molar-refractivity contribution in [3.63, 3.8) is 0 Å². The summed E-state index contributed by atoms with van der Waals surface area (Å²) in [6, 6.07) is 26.5. The van der Waals surface area contributed by atoms with Gasteiger partial charge in [0.1, 0.15) is 0 Å². The molecule has 4 aromatic rings. The van der Waals surface area contributed by atoms with E-state index in [-0.39, 0.29) is 19.5 Å². The number of nitrogens with zero attached hydrogens (tertiary/aromatic N) is 3. The maximum Gasteiger partial charge on any atom is 4.00 e. The summed E-state index contributed by atoms with van der Waals surface area (Å²) in [6.07, 6.45) is 14.3. The third kappa shape index (κ3) is 14.3. The van der Waals surface area contributed by atoms with Crippen LogP contribution in [0.25, 0.3) is 33.9 Å². The van der Waals surface area contributed by atoms with E-state index >= 15 is 0 Å². The Balaban J connectivity index is 0.000000341. The molecule has 2 aromatic heterocycles. The third-order valence-corrected chi connectivity index (χ3v) is 5.60. The molecule has 44 heavy (non-hydrogen) atoms. The average molecular weight is 674 g/mol. The topological polar surface area (TPSA) is 135 Å². The summed E-state index contributed by atoms with van der Waals surface area (Å²) in [4.78, 5) is 8.08. The van der Waals surface area contributed by atoms with E-state index in [9.17, 15) is 0 Å². The SMILES string of the molecule is C/C=C\C=C(/[NH-])c1ccccn1.C/C=C\C=C(/[NH-])c1ccccn1.CNc1ccccc1[N-]CCNc1ccccc1[NH-].[Ru+4]. The maximum atomic E-state index is 7.73. The predicted molar refractivity (Wildman–Crippen MR) is 185 cm³/mol. The molecule has 0 aliphatic heterocycles. The molecule has 0 unspecified atom stereocenters. The number of hydrogen-bond acceptors (Lipinski definition) is 4. The van der Waals surface area contributed by atoms with Gasteiger partial charge in [0.05, 0.1) is 0 Å². The van der Waals surface area contributed by atoms with Crippen LogP contribution in [-0.4, -0.2) is 30.1 Å². The number of pyridine rings is 2. The Hall–Kier alpha value is -4.88. The number of rotatable bonds is 10. The third-order valence-electron chi connectivity index (χ3n) is 5.60. The first kappa shape index (κ1) is 37.1. The van der Waals surface area contributed by atoms with Gasteiger partial charge in [-0.15, -0.1) is 29.3 Å². The van der Waals surface area contributed by atoms with Crippen molar-refractivity contribution in [3.05, 3.63) is 168 Å². The Bertz CT molecular complexity index is 1390. The van der Waals surface area contributed by atoms with Gasteiger partial charge in [-0.25, -0.2) is 0 Å². The van der Waals surface area contributed by atoms with Crippen LogP contribution in [0.5, 0.6) is 0 Å². The Morgan fingerprint density at radius 2 is 1.23 bits per heavy atom. The minimum atomic E-state index is 0. The van der Waals surface area contributed by atoms with E-state index in [1.807, 2.05) is 124 Å². The van der Waals surface area contributed by atoms with Gasteiger partial charge in [0.25, 0.3) is 0 Å². The molecule has 228 valence electrons. The summed E-state index contributed by atoms with van der Waals surface area (Å²) >= 11 is 0. The number of anilines is 2. The van der Waals surface area contributed by atoms with Gasteiger partial charge in [0.2, 0.25) is 0 Å². The minimum absolute atomic E-state index is 0. The Morgan fingerprint density at radius 3 is 1.70 bits per heavy atom. The number of para-hydroxylation sites is 3. The van der Waals surface area contributed by atoms with Crippen molar-refractivity contribution < 1.29 is 19.5 Å². The zero-order valence-corrected chi connectivity index (χ0v) is 27.0. The molecule has 0 aliphatic carbocycles. The summed E-state index contributed by atoms with van der Waals surface area (Å²) < 4.78 is 0. The molecule has 2 heterocycles. The molecule has 0 aliphatic rings. The molecule has 0 bridgehead atoms. The summed E-state index contributed by atoms with van der Waals surface area (Å²) in [5.41, 5.74) is 28.5. The van der Waals surface area contributed by atoms with Crippen molar-refractivity contribution in [1.29, 1.82) is 0 Å². The number of hydrogen-bond donors (Lipinski definition) is 2. The largest absolute Gasteiger partial charge is 4.00 e. The van der Waals surface area contributed by atoms with E-state index in [4.69, 9.17) is 17.2 Å². The minimum Gasteiger partial charge on any atom is -0.697 e. The van der Waals surface area contributed by atoms with E-state index in [0.29, 0.717) is 41.6 Å². The van der Waals surface area contributed by atoms with E-state index in [2.05, 4.69) is 25.9 Å². The Morgan fingerprint density at radius 1 is 0.727 bits per heavy atom. The fourth-order valence-corrected chi connectivity index (χ4v) is 3.43. The van der Waals surface area contributed by atoms with Crippen LogP contribution >= 0.6 is 0 Å². The molecule has 5 N–H and O–H groups in total. The summed E-state index contributed by atoms with van der Waals surface area (Å²) in [6.45, 7) is 5.23. The van der Waals surface area contributed by atoms with Gasteiger partial charge < -0.3 is 33.2 Å². The van der Waals surface area contributed by atoms with Crippen LogP contribution in [0.3, 0.4) is 0 Å². The second-order valence-corrected chi connectivity index (χ2v) is 8.76. The van der Waals surface area contributed by atoms with Crippen molar-refractivity contribution in [2.24, 2.45) is 0 Å². The molecule has 0 fully saturated rings. The first-order chi connectivity index (χ1) is 21.0. The fourth-order valence-electron chi connectivity index (χ4n) is 3.43. The van der Waals surface area contributed by atoms with Crippen LogP contribution in [0.1, 0.15) is 25.2 Å². The van der Waals surface area contributed by atoms with Crippen LogP contribution in [0.4, 0.5) is 22.7 Å². The van der Waals surface area contributed by atoms with E-state index in [1.54, 1.807) is 30.6 Å². The zero-order chi connectivity index (χ0) is 31.1. The monoisotopic (exact) mass is 674 g/mol. The van der Waals surface area contributed by atoms with Gasteiger partial charge in [-0.1, -0.05) is 85.0 Å². The maximum absolute atomic E-state index is 7.73. The van der Waals surface area contributed by atoms with Gasteiger partial charge in [0, 0.05) is 42.2 Å². The molecule has 8 nitrogen and oxygen atoms in total. The van der Waals surface area contributed by atoms with Gasteiger partial charge in [-0.2, -0.15) is 0 Å². The van der Waals surface area contributed by atoms with Crippen LogP contribution < -0.4 is 10.6 Å². The standard InChI is InChI=1S/C15H18N4.2C10H11N2.Ru/c1-17-14-8-4-5-9-15(14)19-11-10-18-13-7-3-2-6-12(13)16;2*1-2-3-6-9(11)10-7-4-5-8-12-10;/h2-9,16-18H,10-11H2,1H3;2*2-8,11H,1H3;/q-2;2*-1;+4/b;2*3-2-,9-6-;. The summed E-state index contributed by atoms with van der Waals surface area (Å²) in [7, 11) is 1.89. The quantitative estimate of drug-likeness (QED) is 0.0983. The fraction of sp³-hybridized carbons (Fsp3) is 0.143. The zero-order valence-electron chi connectivity index (χ0n) is 25.3. The smallest absolute Gasteiger partial charge is 0.697 e. The van der Waals surface area contributed by atoms with Crippen molar-refractivity contribution in [2.75, 3.05) is 30.8 Å². The first-order valence-electron chi connectivity index (χ1n) is 13.9. The van der Waals surface area contributed by atoms with Crippen LogP contribution in [0, 0.1) is 0 Å². The molecule has 9 heteroatoms. The molecule has 0 atom stereocenters. The molecule has 0 amide bonds. The molecule has 0 saturated carbocycles. The predicted octanol–water partition coefficient (Wildman–Crippen LogP) is 10.6. The van der Waals surface area contributed by atoms with Gasteiger partial charge in [-0.3, -0.25) is 9.97 Å². The van der Waals surface area contributed by atoms with Crippen molar-refractivity contribution >= 4 is 34.1 Å². The molecule has 0 radical (unpaired) electrons. The number of allylic oxidation sites excluding steroid dienone is 6. The van der Waals surface area contributed by atoms with Crippen molar-refractivity contribution in [2.45, 2.75) is 13.8 Å². The van der Waals surface area contributed by atoms with Crippen molar-refractivity contribution in [3.8, 4) is 0 Å². The molecular formula is C35H40N8Ru. The molecule has 4 rings (SSSR count). The Labute approximate surface area is 275 Å². The second-order valence-electron chi connectivity index (χ2n) is 8.76. The van der Waals surface area contributed by atoms with E-state index in [1.165, 1.54) is 0 Å². The van der Waals surface area contributed by atoms with E-state index in [0.717, 1.165) is 17.1 Å². The molecule has 0 spiro atoms. The molecule has 2 aromatic carbocycles.